The number of nitrogens with one attached hydrogen (secondary N) is 1. The molecule has 1 N–H and O–H groups in total. The highest BCUT2D eigenvalue weighted by atomic mass is 16.5. The van der Waals surface area contributed by atoms with Gasteiger partial charge in [0.1, 0.15) is 11.3 Å². The van der Waals surface area contributed by atoms with E-state index in [1.54, 1.807) is 6.07 Å². The van der Waals surface area contributed by atoms with Crippen LogP contribution in [-0.2, 0) is 11.2 Å². The molecule has 0 saturated carbocycles. The topological polar surface area (TPSA) is 67.9 Å². The monoisotopic (exact) mass is 191 g/mol. The number of hydrogen-bond donors (Lipinski definition) is 1. The van der Waals surface area contributed by atoms with Gasteiger partial charge in [-0.1, -0.05) is 6.92 Å². The van der Waals surface area contributed by atoms with Crippen LogP contribution in [0.5, 0.6) is 5.75 Å². The van der Waals surface area contributed by atoms with Crippen molar-refractivity contribution in [3.05, 3.63) is 18.1 Å². The standard InChI is InChI=1S/C9H9N3O2/c1-2-8-11-7-3-6(14-5-13)4-10-9(7)12-8/h3-5H,2H2,1H3,(H,10,11,12). The number of rotatable bonds is 3. The number of aromatic amines is 1. The minimum absolute atomic E-state index is 0.371. The second-order valence-electron chi connectivity index (χ2n) is 2.79. The van der Waals surface area contributed by atoms with E-state index in [0.717, 1.165) is 12.2 Å². The Balaban J connectivity index is 2.48. The van der Waals surface area contributed by atoms with Crippen molar-refractivity contribution < 1.29 is 9.53 Å². The van der Waals surface area contributed by atoms with Gasteiger partial charge in [0, 0.05) is 12.5 Å². The molecule has 0 saturated heterocycles. The third kappa shape index (κ3) is 1.44. The molecule has 0 aliphatic heterocycles. The molecule has 2 heterocycles. The summed E-state index contributed by atoms with van der Waals surface area (Å²) in [5.74, 6) is 1.28. The minimum atomic E-state index is 0.371. The summed E-state index contributed by atoms with van der Waals surface area (Å²) in [6, 6.07) is 1.67. The molecule has 0 aliphatic carbocycles. The zero-order chi connectivity index (χ0) is 9.97. The Bertz CT molecular complexity index is 464. The molecule has 0 atom stereocenters. The van der Waals surface area contributed by atoms with Crippen LogP contribution < -0.4 is 4.74 Å². The number of ether oxygens (including phenoxy) is 1. The van der Waals surface area contributed by atoms with Crippen molar-refractivity contribution in [3.63, 3.8) is 0 Å². The highest BCUT2D eigenvalue weighted by molar-refractivity contribution is 5.72. The maximum Gasteiger partial charge on any atom is 0.298 e. The van der Waals surface area contributed by atoms with Crippen LogP contribution in [0.25, 0.3) is 11.2 Å². The first-order valence-electron chi connectivity index (χ1n) is 4.28. The van der Waals surface area contributed by atoms with E-state index in [2.05, 4.69) is 19.7 Å². The Kier molecular flexibility index (Phi) is 2.14. The summed E-state index contributed by atoms with van der Waals surface area (Å²) >= 11 is 0. The van der Waals surface area contributed by atoms with Crippen molar-refractivity contribution in [3.8, 4) is 5.75 Å². The Labute approximate surface area is 80.1 Å². The zero-order valence-corrected chi connectivity index (χ0v) is 7.65. The molecule has 0 aromatic carbocycles. The van der Waals surface area contributed by atoms with E-state index in [-0.39, 0.29) is 0 Å². The number of carbonyl (C=O) groups excluding carboxylic acids is 1. The molecule has 0 radical (unpaired) electrons. The average molecular weight is 191 g/mol. The molecule has 0 unspecified atom stereocenters. The van der Waals surface area contributed by atoms with Crippen LogP contribution in [0.4, 0.5) is 0 Å². The molecule has 0 amide bonds. The van der Waals surface area contributed by atoms with Crippen LogP contribution in [0.3, 0.4) is 0 Å². The molecule has 0 spiro atoms. The lowest BCUT2D eigenvalue weighted by Gasteiger charge is -1.94. The predicted molar refractivity (Wildman–Crippen MR) is 50.0 cm³/mol. The maximum atomic E-state index is 10.1. The molecule has 0 aliphatic rings. The number of aromatic nitrogens is 3. The van der Waals surface area contributed by atoms with Gasteiger partial charge >= 0.3 is 0 Å². The van der Waals surface area contributed by atoms with Gasteiger partial charge in [-0.05, 0) is 0 Å². The molecule has 2 aromatic rings. The van der Waals surface area contributed by atoms with Crippen molar-refractivity contribution in [2.75, 3.05) is 0 Å². The van der Waals surface area contributed by atoms with E-state index >= 15 is 0 Å². The molecular weight excluding hydrogens is 182 g/mol. The van der Waals surface area contributed by atoms with E-state index in [9.17, 15) is 4.79 Å². The van der Waals surface area contributed by atoms with E-state index in [0.29, 0.717) is 23.4 Å². The number of imidazole rings is 1. The van der Waals surface area contributed by atoms with Crippen molar-refractivity contribution in [1.29, 1.82) is 0 Å². The molecule has 72 valence electrons. The summed E-state index contributed by atoms with van der Waals surface area (Å²) in [5.41, 5.74) is 1.42. The van der Waals surface area contributed by atoms with E-state index in [1.165, 1.54) is 6.20 Å². The second kappa shape index (κ2) is 3.45. The Morgan fingerprint density at radius 1 is 1.64 bits per heavy atom. The van der Waals surface area contributed by atoms with Crippen LogP contribution in [0.15, 0.2) is 12.3 Å². The van der Waals surface area contributed by atoms with Gasteiger partial charge < -0.3 is 9.72 Å². The van der Waals surface area contributed by atoms with Gasteiger partial charge in [-0.15, -0.1) is 0 Å². The smallest absolute Gasteiger partial charge is 0.298 e. The molecule has 2 aromatic heterocycles. The first kappa shape index (κ1) is 8.68. The van der Waals surface area contributed by atoms with Crippen LogP contribution in [0.1, 0.15) is 12.7 Å². The minimum Gasteiger partial charge on any atom is -0.427 e. The lowest BCUT2D eigenvalue weighted by atomic mass is 10.4. The molecule has 2 rings (SSSR count). The van der Waals surface area contributed by atoms with Crippen molar-refractivity contribution in [1.82, 2.24) is 15.0 Å². The number of fused-ring (bicyclic) bond motifs is 1. The first-order valence-corrected chi connectivity index (χ1v) is 4.28. The highest BCUT2D eigenvalue weighted by Gasteiger charge is 2.03. The SMILES string of the molecule is CCc1nc2cc(OC=O)cnc2[nH]1. The average Bonchev–Trinajstić information content (AvgIpc) is 2.60. The summed E-state index contributed by atoms with van der Waals surface area (Å²) in [4.78, 5) is 21.5. The van der Waals surface area contributed by atoms with Crippen molar-refractivity contribution >= 4 is 17.6 Å². The number of nitrogens with zero attached hydrogens (tertiary/aromatic N) is 2. The highest BCUT2D eigenvalue weighted by Crippen LogP contribution is 2.15. The van der Waals surface area contributed by atoms with Crippen LogP contribution in [-0.4, -0.2) is 21.4 Å². The fraction of sp³-hybridized carbons (Fsp3) is 0.222. The first-order chi connectivity index (χ1) is 6.83. The molecule has 14 heavy (non-hydrogen) atoms. The van der Waals surface area contributed by atoms with Gasteiger partial charge in [0.25, 0.3) is 6.47 Å². The lowest BCUT2D eigenvalue weighted by molar-refractivity contribution is -0.120. The van der Waals surface area contributed by atoms with Gasteiger partial charge in [0.2, 0.25) is 0 Å². The summed E-state index contributed by atoms with van der Waals surface area (Å²) in [7, 11) is 0. The summed E-state index contributed by atoms with van der Waals surface area (Å²) in [6.07, 6.45) is 2.30. The van der Waals surface area contributed by atoms with E-state index < -0.39 is 0 Å². The van der Waals surface area contributed by atoms with E-state index in [4.69, 9.17) is 0 Å². The van der Waals surface area contributed by atoms with Gasteiger partial charge in [-0.3, -0.25) is 4.79 Å². The number of carbonyl (C=O) groups is 1. The number of aryl methyl sites for hydroxylation is 1. The van der Waals surface area contributed by atoms with Crippen LogP contribution in [0, 0.1) is 0 Å². The molecular formula is C9H9N3O2. The third-order valence-corrected chi connectivity index (χ3v) is 1.88. The van der Waals surface area contributed by atoms with Gasteiger partial charge in [-0.2, -0.15) is 0 Å². The molecule has 5 nitrogen and oxygen atoms in total. The summed E-state index contributed by atoms with van der Waals surface area (Å²) in [6.45, 7) is 2.37. The number of pyridine rings is 1. The Hall–Kier alpha value is -1.91. The van der Waals surface area contributed by atoms with Gasteiger partial charge in [0.05, 0.1) is 6.20 Å². The van der Waals surface area contributed by atoms with Crippen LogP contribution >= 0.6 is 0 Å². The number of H-pyrrole nitrogens is 1. The molecule has 5 heteroatoms. The fourth-order valence-corrected chi connectivity index (χ4v) is 1.21. The largest absolute Gasteiger partial charge is 0.427 e. The predicted octanol–water partition coefficient (Wildman–Crippen LogP) is 1.06. The maximum absolute atomic E-state index is 10.1. The second-order valence-corrected chi connectivity index (χ2v) is 2.79. The number of hydrogen-bond acceptors (Lipinski definition) is 4. The normalized spacial score (nSPS) is 10.4. The van der Waals surface area contributed by atoms with Gasteiger partial charge in [-0.25, -0.2) is 9.97 Å². The Morgan fingerprint density at radius 3 is 3.21 bits per heavy atom. The molecule has 0 fully saturated rings. The third-order valence-electron chi connectivity index (χ3n) is 1.88. The van der Waals surface area contributed by atoms with Crippen molar-refractivity contribution in [2.45, 2.75) is 13.3 Å². The van der Waals surface area contributed by atoms with Crippen LogP contribution in [0.2, 0.25) is 0 Å². The summed E-state index contributed by atoms with van der Waals surface area (Å²) in [5, 5.41) is 0. The molecule has 0 bridgehead atoms. The van der Waals surface area contributed by atoms with Gasteiger partial charge in [0.15, 0.2) is 11.4 Å². The Morgan fingerprint density at radius 2 is 2.50 bits per heavy atom. The lowest BCUT2D eigenvalue weighted by Crippen LogP contribution is -1.89. The van der Waals surface area contributed by atoms with Crippen molar-refractivity contribution in [2.24, 2.45) is 0 Å². The fourth-order valence-electron chi connectivity index (χ4n) is 1.21. The quantitative estimate of drug-likeness (QED) is 0.736. The zero-order valence-electron chi connectivity index (χ0n) is 7.65. The van der Waals surface area contributed by atoms with E-state index in [1.807, 2.05) is 6.92 Å². The summed E-state index contributed by atoms with van der Waals surface area (Å²) < 4.78 is 4.66.